The molecule has 0 bridgehead atoms. The third-order valence-electron chi connectivity index (χ3n) is 2.76. The molecule has 0 radical (unpaired) electrons. The number of benzene rings is 1. The minimum absolute atomic E-state index is 0.182. The first kappa shape index (κ1) is 11.9. The Balaban J connectivity index is 2.32. The maximum absolute atomic E-state index is 13.5. The van der Waals surface area contributed by atoms with E-state index in [4.69, 9.17) is 4.42 Å². The van der Waals surface area contributed by atoms with Gasteiger partial charge in [0.2, 0.25) is 0 Å². The molecule has 0 saturated carbocycles. The van der Waals surface area contributed by atoms with E-state index in [9.17, 15) is 4.39 Å². The summed E-state index contributed by atoms with van der Waals surface area (Å²) < 4.78 is 18.9. The van der Waals surface area contributed by atoms with Crippen LogP contribution in [0.2, 0.25) is 0 Å². The van der Waals surface area contributed by atoms with Crippen LogP contribution in [-0.4, -0.2) is 6.54 Å². The number of rotatable bonds is 4. The molecule has 0 spiro atoms. The summed E-state index contributed by atoms with van der Waals surface area (Å²) in [4.78, 5) is 0. The third-order valence-corrected chi connectivity index (χ3v) is 2.76. The lowest BCUT2D eigenvalue weighted by Crippen LogP contribution is -2.11. The second-order valence-corrected chi connectivity index (χ2v) is 4.00. The molecule has 2 aromatic rings. The molecule has 0 aliphatic carbocycles. The summed E-state index contributed by atoms with van der Waals surface area (Å²) in [5.74, 6) is 0.660. The first-order valence-corrected chi connectivity index (χ1v) is 5.76. The number of hydrogen-bond donors (Lipinski definition) is 1. The van der Waals surface area contributed by atoms with Crippen molar-refractivity contribution in [2.75, 3.05) is 6.54 Å². The molecular formula is C14H16FNO. The molecule has 1 N–H and O–H groups in total. The normalized spacial score (nSPS) is 10.8. The number of hydrogen-bond acceptors (Lipinski definition) is 2. The predicted molar refractivity (Wildman–Crippen MR) is 66.2 cm³/mol. The molecule has 0 aliphatic heterocycles. The van der Waals surface area contributed by atoms with Crippen molar-refractivity contribution < 1.29 is 8.81 Å². The van der Waals surface area contributed by atoms with E-state index in [-0.39, 0.29) is 5.82 Å². The quantitative estimate of drug-likeness (QED) is 0.874. The van der Waals surface area contributed by atoms with Crippen molar-refractivity contribution in [2.24, 2.45) is 0 Å². The summed E-state index contributed by atoms with van der Waals surface area (Å²) in [6, 6.07) is 7.12. The van der Waals surface area contributed by atoms with Crippen molar-refractivity contribution in [3.05, 3.63) is 47.7 Å². The van der Waals surface area contributed by atoms with Crippen LogP contribution >= 0.6 is 0 Å². The van der Waals surface area contributed by atoms with Crippen LogP contribution in [0.1, 0.15) is 18.2 Å². The van der Waals surface area contributed by atoms with Gasteiger partial charge in [-0.15, -0.1) is 0 Å². The molecule has 0 atom stereocenters. The smallest absolute Gasteiger partial charge is 0.126 e. The maximum Gasteiger partial charge on any atom is 0.126 e. The average molecular weight is 233 g/mol. The molecule has 0 saturated heterocycles. The highest BCUT2D eigenvalue weighted by Gasteiger charge is 2.09. The van der Waals surface area contributed by atoms with Crippen LogP contribution in [0.5, 0.6) is 0 Å². The largest absolute Gasteiger partial charge is 0.467 e. The molecule has 0 amide bonds. The van der Waals surface area contributed by atoms with E-state index < -0.39 is 0 Å². The van der Waals surface area contributed by atoms with Crippen LogP contribution < -0.4 is 5.32 Å². The van der Waals surface area contributed by atoms with Crippen molar-refractivity contribution in [3.63, 3.8) is 0 Å². The zero-order valence-electron chi connectivity index (χ0n) is 10.1. The van der Waals surface area contributed by atoms with Crippen molar-refractivity contribution in [3.8, 4) is 11.1 Å². The summed E-state index contributed by atoms with van der Waals surface area (Å²) >= 11 is 0. The van der Waals surface area contributed by atoms with E-state index in [1.54, 1.807) is 25.3 Å². The second-order valence-electron chi connectivity index (χ2n) is 4.00. The molecule has 3 heteroatoms. The van der Waals surface area contributed by atoms with Crippen molar-refractivity contribution in [2.45, 2.75) is 20.4 Å². The van der Waals surface area contributed by atoms with Crippen molar-refractivity contribution >= 4 is 0 Å². The molecule has 17 heavy (non-hydrogen) atoms. The Hall–Kier alpha value is -1.61. The molecule has 1 heterocycles. The lowest BCUT2D eigenvalue weighted by molar-refractivity contribution is 0.489. The molecule has 0 fully saturated rings. The van der Waals surface area contributed by atoms with Crippen molar-refractivity contribution in [1.82, 2.24) is 5.32 Å². The Morgan fingerprint density at radius 3 is 2.82 bits per heavy atom. The van der Waals surface area contributed by atoms with Crippen LogP contribution in [0.3, 0.4) is 0 Å². The Morgan fingerprint density at radius 2 is 2.12 bits per heavy atom. The van der Waals surface area contributed by atoms with Crippen LogP contribution in [-0.2, 0) is 6.54 Å². The van der Waals surface area contributed by atoms with Crippen LogP contribution in [0.25, 0.3) is 11.1 Å². The standard InChI is InChI=1S/C14H16FNO/c1-3-16-9-14-12(6-7-17-14)11-5-4-10(2)13(15)8-11/h4-8,16H,3,9H2,1-2H3. The Morgan fingerprint density at radius 1 is 1.29 bits per heavy atom. The van der Waals surface area contributed by atoms with Crippen LogP contribution in [0.4, 0.5) is 4.39 Å². The highest BCUT2D eigenvalue weighted by molar-refractivity contribution is 5.65. The first-order chi connectivity index (χ1) is 8.22. The number of furan rings is 1. The van der Waals surface area contributed by atoms with E-state index in [0.717, 1.165) is 23.4 Å². The second kappa shape index (κ2) is 5.15. The SMILES string of the molecule is CCNCc1occc1-c1ccc(C)c(F)c1. The van der Waals surface area contributed by atoms with Gasteiger partial charge >= 0.3 is 0 Å². The first-order valence-electron chi connectivity index (χ1n) is 5.76. The fourth-order valence-corrected chi connectivity index (χ4v) is 1.73. The van der Waals surface area contributed by atoms with Gasteiger partial charge in [-0.2, -0.15) is 0 Å². The average Bonchev–Trinajstić information content (AvgIpc) is 2.78. The third kappa shape index (κ3) is 2.56. The monoisotopic (exact) mass is 233 g/mol. The number of nitrogens with one attached hydrogen (secondary N) is 1. The van der Waals surface area contributed by atoms with E-state index in [1.807, 2.05) is 19.1 Å². The summed E-state index contributed by atoms with van der Waals surface area (Å²) in [6.07, 6.45) is 1.64. The highest BCUT2D eigenvalue weighted by atomic mass is 19.1. The molecule has 2 rings (SSSR count). The highest BCUT2D eigenvalue weighted by Crippen LogP contribution is 2.26. The summed E-state index contributed by atoms with van der Waals surface area (Å²) in [5, 5.41) is 3.20. The topological polar surface area (TPSA) is 25.2 Å². The fourth-order valence-electron chi connectivity index (χ4n) is 1.73. The molecule has 0 unspecified atom stereocenters. The van der Waals surface area contributed by atoms with E-state index >= 15 is 0 Å². The molecule has 1 aromatic heterocycles. The van der Waals surface area contributed by atoms with Gasteiger partial charge in [0.05, 0.1) is 12.8 Å². The minimum atomic E-state index is -0.182. The van der Waals surface area contributed by atoms with Gasteiger partial charge < -0.3 is 9.73 Å². The fraction of sp³-hybridized carbons (Fsp3) is 0.286. The Kier molecular flexibility index (Phi) is 3.59. The van der Waals surface area contributed by atoms with Crippen LogP contribution in [0, 0.1) is 12.7 Å². The van der Waals surface area contributed by atoms with Gasteiger partial charge in [0, 0.05) is 5.56 Å². The zero-order chi connectivity index (χ0) is 12.3. The Labute approximate surface area is 100 Å². The number of halogens is 1. The van der Waals surface area contributed by atoms with Gasteiger partial charge in [-0.1, -0.05) is 19.1 Å². The van der Waals surface area contributed by atoms with E-state index in [0.29, 0.717) is 12.1 Å². The predicted octanol–water partition coefficient (Wildman–Crippen LogP) is 3.50. The van der Waals surface area contributed by atoms with Gasteiger partial charge in [-0.3, -0.25) is 0 Å². The van der Waals surface area contributed by atoms with E-state index in [1.165, 1.54) is 0 Å². The summed E-state index contributed by atoms with van der Waals surface area (Å²) in [7, 11) is 0. The molecule has 0 aliphatic rings. The van der Waals surface area contributed by atoms with Crippen LogP contribution in [0.15, 0.2) is 34.9 Å². The molecular weight excluding hydrogens is 217 g/mol. The van der Waals surface area contributed by atoms with Gasteiger partial charge in [0.15, 0.2) is 0 Å². The van der Waals surface area contributed by atoms with Gasteiger partial charge in [0.25, 0.3) is 0 Å². The Bertz CT molecular complexity index is 505. The minimum Gasteiger partial charge on any atom is -0.467 e. The summed E-state index contributed by atoms with van der Waals surface area (Å²) in [5.41, 5.74) is 2.46. The lowest BCUT2D eigenvalue weighted by Gasteiger charge is -2.05. The molecule has 1 aromatic carbocycles. The molecule has 2 nitrogen and oxygen atoms in total. The lowest BCUT2D eigenvalue weighted by atomic mass is 10.0. The van der Waals surface area contributed by atoms with Gasteiger partial charge in [-0.05, 0) is 36.7 Å². The van der Waals surface area contributed by atoms with Gasteiger partial charge in [-0.25, -0.2) is 4.39 Å². The number of aryl methyl sites for hydroxylation is 1. The molecule has 90 valence electrons. The van der Waals surface area contributed by atoms with E-state index in [2.05, 4.69) is 5.32 Å². The maximum atomic E-state index is 13.5. The summed E-state index contributed by atoms with van der Waals surface area (Å²) in [6.45, 7) is 5.33. The van der Waals surface area contributed by atoms with Crippen molar-refractivity contribution in [1.29, 1.82) is 0 Å². The van der Waals surface area contributed by atoms with Gasteiger partial charge in [0.1, 0.15) is 11.6 Å². The zero-order valence-corrected chi connectivity index (χ0v) is 10.1.